The summed E-state index contributed by atoms with van der Waals surface area (Å²) in [6.07, 6.45) is 1.27. The van der Waals surface area contributed by atoms with E-state index in [9.17, 15) is 4.79 Å². The molecule has 27 heavy (non-hydrogen) atoms. The molecule has 2 atom stereocenters. The molecule has 2 aromatic rings. The highest BCUT2D eigenvalue weighted by molar-refractivity contribution is 7.99. The molecule has 1 aliphatic heterocycles. The van der Waals surface area contributed by atoms with Gasteiger partial charge in [0.25, 0.3) is 0 Å². The number of aromatic nitrogens is 3. The Hall–Kier alpha value is -2.06. The number of aryl methyl sites for hydroxylation is 1. The molecule has 0 spiro atoms. The number of amides is 1. The van der Waals surface area contributed by atoms with Gasteiger partial charge in [-0.1, -0.05) is 18.7 Å². The summed E-state index contributed by atoms with van der Waals surface area (Å²) in [6, 6.07) is 7.98. The SMILES string of the molecule is CCc1nnc(SCC(=O)Nc2ccc(N3CC(C)OC(C)C3)cc2)n1C. The molecule has 146 valence electrons. The molecule has 1 N–H and O–H groups in total. The number of hydrogen-bond donors (Lipinski definition) is 1. The van der Waals surface area contributed by atoms with Crippen molar-refractivity contribution in [2.75, 3.05) is 29.1 Å². The molecule has 1 fully saturated rings. The summed E-state index contributed by atoms with van der Waals surface area (Å²) < 4.78 is 7.71. The largest absolute Gasteiger partial charge is 0.372 e. The molecule has 1 aromatic carbocycles. The van der Waals surface area contributed by atoms with Crippen LogP contribution in [-0.2, 0) is 23.0 Å². The Bertz CT molecular complexity index is 767. The van der Waals surface area contributed by atoms with E-state index < -0.39 is 0 Å². The lowest BCUT2D eigenvalue weighted by atomic mass is 10.2. The summed E-state index contributed by atoms with van der Waals surface area (Å²) in [6.45, 7) is 7.98. The van der Waals surface area contributed by atoms with Crippen LogP contribution in [0.3, 0.4) is 0 Å². The van der Waals surface area contributed by atoms with Crippen LogP contribution in [0.25, 0.3) is 0 Å². The summed E-state index contributed by atoms with van der Waals surface area (Å²) in [7, 11) is 1.92. The average molecular weight is 390 g/mol. The third-order valence-corrected chi connectivity index (χ3v) is 5.53. The molecule has 0 saturated carbocycles. The van der Waals surface area contributed by atoms with E-state index in [4.69, 9.17) is 4.74 Å². The number of morpholine rings is 1. The summed E-state index contributed by atoms with van der Waals surface area (Å²) >= 11 is 1.39. The van der Waals surface area contributed by atoms with Crippen molar-refractivity contribution in [2.45, 2.75) is 44.6 Å². The van der Waals surface area contributed by atoms with Gasteiger partial charge in [-0.3, -0.25) is 4.79 Å². The lowest BCUT2D eigenvalue weighted by Crippen LogP contribution is -2.45. The fourth-order valence-corrected chi connectivity index (χ4v) is 3.98. The third-order valence-electron chi connectivity index (χ3n) is 4.51. The lowest BCUT2D eigenvalue weighted by Gasteiger charge is -2.36. The van der Waals surface area contributed by atoms with Crippen molar-refractivity contribution in [1.82, 2.24) is 14.8 Å². The van der Waals surface area contributed by atoms with Gasteiger partial charge in [-0.2, -0.15) is 0 Å². The Morgan fingerprint density at radius 2 is 1.89 bits per heavy atom. The van der Waals surface area contributed by atoms with Gasteiger partial charge in [0.1, 0.15) is 5.82 Å². The molecule has 0 aliphatic carbocycles. The molecular weight excluding hydrogens is 362 g/mol. The van der Waals surface area contributed by atoms with Crippen LogP contribution in [0.15, 0.2) is 29.4 Å². The Kier molecular flexibility index (Phi) is 6.38. The number of carbonyl (C=O) groups is 1. The Balaban J connectivity index is 1.53. The first-order valence-electron chi connectivity index (χ1n) is 9.27. The first-order chi connectivity index (χ1) is 13.0. The van der Waals surface area contributed by atoms with Crippen LogP contribution in [0, 0.1) is 0 Å². The van der Waals surface area contributed by atoms with Crippen molar-refractivity contribution in [3.05, 3.63) is 30.1 Å². The van der Waals surface area contributed by atoms with E-state index >= 15 is 0 Å². The van der Waals surface area contributed by atoms with Crippen LogP contribution in [0.4, 0.5) is 11.4 Å². The van der Waals surface area contributed by atoms with Crippen LogP contribution in [0.1, 0.15) is 26.6 Å². The highest BCUT2D eigenvalue weighted by atomic mass is 32.2. The number of nitrogens with one attached hydrogen (secondary N) is 1. The smallest absolute Gasteiger partial charge is 0.234 e. The van der Waals surface area contributed by atoms with Gasteiger partial charge in [0.05, 0.1) is 18.0 Å². The van der Waals surface area contributed by atoms with Crippen molar-refractivity contribution in [3.8, 4) is 0 Å². The fourth-order valence-electron chi connectivity index (χ4n) is 3.25. The molecule has 1 aliphatic rings. The van der Waals surface area contributed by atoms with Gasteiger partial charge in [0, 0.05) is 37.9 Å². The molecule has 3 rings (SSSR count). The van der Waals surface area contributed by atoms with Gasteiger partial charge in [-0.15, -0.1) is 10.2 Å². The standard InChI is InChI=1S/C19H27N5O2S/c1-5-17-21-22-19(23(17)4)27-12-18(25)20-15-6-8-16(9-7-15)24-10-13(2)26-14(3)11-24/h6-9,13-14H,5,10-12H2,1-4H3,(H,20,25). The summed E-state index contributed by atoms with van der Waals surface area (Å²) in [4.78, 5) is 14.5. The number of ether oxygens (including phenoxy) is 1. The number of carbonyl (C=O) groups excluding carboxylic acids is 1. The molecule has 1 aromatic heterocycles. The topological polar surface area (TPSA) is 72.3 Å². The normalized spacial score (nSPS) is 19.9. The molecule has 8 heteroatoms. The zero-order valence-electron chi connectivity index (χ0n) is 16.3. The zero-order chi connectivity index (χ0) is 19.4. The highest BCUT2D eigenvalue weighted by Gasteiger charge is 2.22. The lowest BCUT2D eigenvalue weighted by molar-refractivity contribution is -0.113. The molecule has 0 radical (unpaired) electrons. The minimum atomic E-state index is -0.0533. The number of thioether (sulfide) groups is 1. The Morgan fingerprint density at radius 1 is 1.22 bits per heavy atom. The first kappa shape index (κ1) is 19.7. The predicted octanol–water partition coefficient (Wildman–Crippen LogP) is 2.72. The predicted molar refractivity (Wildman–Crippen MR) is 108 cm³/mol. The van der Waals surface area contributed by atoms with Gasteiger partial charge in [-0.25, -0.2) is 0 Å². The molecule has 1 amide bonds. The van der Waals surface area contributed by atoms with Gasteiger partial charge in [-0.05, 0) is 38.1 Å². The minimum Gasteiger partial charge on any atom is -0.372 e. The zero-order valence-corrected chi connectivity index (χ0v) is 17.1. The Labute approximate surface area is 164 Å². The van der Waals surface area contributed by atoms with Gasteiger partial charge < -0.3 is 19.5 Å². The quantitative estimate of drug-likeness (QED) is 0.766. The maximum atomic E-state index is 12.2. The molecule has 2 heterocycles. The van der Waals surface area contributed by atoms with E-state index in [1.165, 1.54) is 11.8 Å². The number of rotatable bonds is 6. The maximum absolute atomic E-state index is 12.2. The second-order valence-electron chi connectivity index (χ2n) is 6.86. The van der Waals surface area contributed by atoms with E-state index in [2.05, 4.69) is 34.3 Å². The fraction of sp³-hybridized carbons (Fsp3) is 0.526. The van der Waals surface area contributed by atoms with Crippen molar-refractivity contribution >= 4 is 29.0 Å². The van der Waals surface area contributed by atoms with E-state index in [-0.39, 0.29) is 18.1 Å². The van der Waals surface area contributed by atoms with Crippen LogP contribution in [-0.4, -0.2) is 51.7 Å². The van der Waals surface area contributed by atoms with Crippen LogP contribution in [0.2, 0.25) is 0 Å². The molecule has 7 nitrogen and oxygen atoms in total. The Morgan fingerprint density at radius 3 is 2.48 bits per heavy atom. The second kappa shape index (κ2) is 8.75. The third kappa shape index (κ3) is 5.01. The number of hydrogen-bond acceptors (Lipinski definition) is 6. The summed E-state index contributed by atoms with van der Waals surface area (Å²) in [5.74, 6) is 1.17. The second-order valence-corrected chi connectivity index (χ2v) is 7.80. The van der Waals surface area contributed by atoms with Crippen LogP contribution >= 0.6 is 11.8 Å². The molecule has 2 unspecified atom stereocenters. The number of nitrogens with zero attached hydrogens (tertiary/aromatic N) is 4. The van der Waals surface area contributed by atoms with Crippen molar-refractivity contribution < 1.29 is 9.53 Å². The minimum absolute atomic E-state index is 0.0533. The van der Waals surface area contributed by atoms with E-state index in [0.29, 0.717) is 5.75 Å². The van der Waals surface area contributed by atoms with Crippen molar-refractivity contribution in [3.63, 3.8) is 0 Å². The average Bonchev–Trinajstić information content (AvgIpc) is 2.99. The van der Waals surface area contributed by atoms with Gasteiger partial charge in [0.15, 0.2) is 5.16 Å². The first-order valence-corrected chi connectivity index (χ1v) is 10.3. The van der Waals surface area contributed by atoms with Crippen molar-refractivity contribution in [2.24, 2.45) is 7.05 Å². The number of benzene rings is 1. The molecule has 0 bridgehead atoms. The van der Waals surface area contributed by atoms with E-state index in [0.717, 1.165) is 41.9 Å². The molecule has 1 saturated heterocycles. The highest BCUT2D eigenvalue weighted by Crippen LogP contribution is 2.23. The summed E-state index contributed by atoms with van der Waals surface area (Å²) in [5, 5.41) is 11.9. The summed E-state index contributed by atoms with van der Waals surface area (Å²) in [5.41, 5.74) is 1.95. The van der Waals surface area contributed by atoms with E-state index in [1.54, 1.807) is 0 Å². The van der Waals surface area contributed by atoms with Crippen LogP contribution < -0.4 is 10.2 Å². The van der Waals surface area contributed by atoms with Crippen molar-refractivity contribution in [1.29, 1.82) is 0 Å². The number of anilines is 2. The van der Waals surface area contributed by atoms with Crippen LogP contribution in [0.5, 0.6) is 0 Å². The maximum Gasteiger partial charge on any atom is 0.234 e. The monoisotopic (exact) mass is 389 g/mol. The van der Waals surface area contributed by atoms with E-state index in [1.807, 2.05) is 42.8 Å². The molecular formula is C19H27N5O2S. The van der Waals surface area contributed by atoms with Gasteiger partial charge >= 0.3 is 0 Å². The van der Waals surface area contributed by atoms with Gasteiger partial charge in [0.2, 0.25) is 5.91 Å².